The Labute approximate surface area is 161 Å². The molecule has 0 saturated carbocycles. The number of amides is 2. The van der Waals surface area contributed by atoms with E-state index in [0.717, 1.165) is 16.6 Å². The van der Waals surface area contributed by atoms with E-state index in [2.05, 4.69) is 20.5 Å². The number of nitrogens with zero attached hydrogens (tertiary/aromatic N) is 3. The summed E-state index contributed by atoms with van der Waals surface area (Å²) in [5.41, 5.74) is 3.18. The van der Waals surface area contributed by atoms with Crippen LogP contribution in [0.4, 0.5) is 11.5 Å². The SMILES string of the molecule is COc1ccc(C)cc1N1C[C@@H](C(=O)Nc2n[nH]c3nc(C)ccc23)CC1=O. The van der Waals surface area contributed by atoms with Gasteiger partial charge in [-0.1, -0.05) is 6.07 Å². The van der Waals surface area contributed by atoms with Gasteiger partial charge in [0.2, 0.25) is 11.8 Å². The number of methoxy groups -OCH3 is 1. The highest BCUT2D eigenvalue weighted by atomic mass is 16.5. The van der Waals surface area contributed by atoms with Gasteiger partial charge in [0.1, 0.15) is 5.75 Å². The molecule has 1 aliphatic rings. The monoisotopic (exact) mass is 379 g/mol. The van der Waals surface area contributed by atoms with Crippen molar-refractivity contribution in [2.24, 2.45) is 5.92 Å². The van der Waals surface area contributed by atoms with Crippen LogP contribution in [0.3, 0.4) is 0 Å². The number of benzene rings is 1. The average Bonchev–Trinajstić information content (AvgIpc) is 3.25. The molecule has 2 N–H and O–H groups in total. The zero-order valence-corrected chi connectivity index (χ0v) is 15.9. The number of hydrogen-bond acceptors (Lipinski definition) is 5. The highest BCUT2D eigenvalue weighted by molar-refractivity contribution is 6.06. The molecule has 1 atom stereocenters. The van der Waals surface area contributed by atoms with E-state index in [1.807, 2.05) is 44.2 Å². The number of aromatic amines is 1. The number of carbonyl (C=O) groups excluding carboxylic acids is 2. The van der Waals surface area contributed by atoms with Crippen LogP contribution in [0, 0.1) is 19.8 Å². The van der Waals surface area contributed by atoms with E-state index in [0.29, 0.717) is 29.4 Å². The maximum absolute atomic E-state index is 12.8. The molecule has 144 valence electrons. The first kappa shape index (κ1) is 18.0. The first-order chi connectivity index (χ1) is 13.5. The smallest absolute Gasteiger partial charge is 0.231 e. The van der Waals surface area contributed by atoms with Gasteiger partial charge in [-0.15, -0.1) is 0 Å². The fourth-order valence-electron chi connectivity index (χ4n) is 3.44. The molecule has 2 amide bonds. The zero-order chi connectivity index (χ0) is 19.8. The lowest BCUT2D eigenvalue weighted by Gasteiger charge is -2.20. The van der Waals surface area contributed by atoms with E-state index >= 15 is 0 Å². The van der Waals surface area contributed by atoms with Crippen molar-refractivity contribution in [3.63, 3.8) is 0 Å². The fourth-order valence-corrected chi connectivity index (χ4v) is 3.44. The number of carbonyl (C=O) groups is 2. The van der Waals surface area contributed by atoms with Crippen LogP contribution in [0.15, 0.2) is 30.3 Å². The number of H-pyrrole nitrogens is 1. The number of hydrogen-bond donors (Lipinski definition) is 2. The highest BCUT2D eigenvalue weighted by Gasteiger charge is 2.36. The van der Waals surface area contributed by atoms with Gasteiger partial charge in [-0.2, -0.15) is 5.10 Å². The van der Waals surface area contributed by atoms with Crippen LogP contribution >= 0.6 is 0 Å². The van der Waals surface area contributed by atoms with E-state index in [-0.39, 0.29) is 18.2 Å². The van der Waals surface area contributed by atoms with E-state index in [1.54, 1.807) is 12.0 Å². The molecule has 8 heteroatoms. The Balaban J connectivity index is 1.53. The number of pyridine rings is 1. The number of aryl methyl sites for hydroxylation is 2. The molecule has 4 rings (SSSR count). The Bertz CT molecular complexity index is 1070. The standard InChI is InChI=1S/C20H21N5O3/c1-11-4-7-16(28-3)15(8-11)25-10-13(9-17(25)26)20(27)22-19-14-6-5-12(2)21-18(14)23-24-19/h4-8,13H,9-10H2,1-3H3,(H2,21,22,23,24,27)/t13-/m0/s1. The lowest BCUT2D eigenvalue weighted by atomic mass is 10.1. The van der Waals surface area contributed by atoms with Crippen molar-refractivity contribution in [2.45, 2.75) is 20.3 Å². The van der Waals surface area contributed by atoms with Crippen molar-refractivity contribution in [3.05, 3.63) is 41.6 Å². The third-order valence-corrected chi connectivity index (χ3v) is 4.93. The van der Waals surface area contributed by atoms with E-state index in [4.69, 9.17) is 4.74 Å². The molecule has 0 bridgehead atoms. The first-order valence-electron chi connectivity index (χ1n) is 9.04. The topological polar surface area (TPSA) is 100 Å². The fraction of sp³-hybridized carbons (Fsp3) is 0.300. The van der Waals surface area contributed by atoms with Crippen molar-refractivity contribution in [1.29, 1.82) is 0 Å². The van der Waals surface area contributed by atoms with Crippen LogP contribution in [-0.4, -0.2) is 40.7 Å². The molecule has 2 aromatic heterocycles. The Morgan fingerprint density at radius 2 is 2.11 bits per heavy atom. The third-order valence-electron chi connectivity index (χ3n) is 4.93. The van der Waals surface area contributed by atoms with Gasteiger partial charge in [-0.05, 0) is 43.7 Å². The molecule has 28 heavy (non-hydrogen) atoms. The quantitative estimate of drug-likeness (QED) is 0.726. The average molecular weight is 379 g/mol. The summed E-state index contributed by atoms with van der Waals surface area (Å²) >= 11 is 0. The minimum atomic E-state index is -0.470. The number of fused-ring (bicyclic) bond motifs is 1. The second-order valence-corrected chi connectivity index (χ2v) is 6.99. The van der Waals surface area contributed by atoms with Crippen LogP contribution in [0.5, 0.6) is 5.75 Å². The van der Waals surface area contributed by atoms with E-state index < -0.39 is 5.92 Å². The number of ether oxygens (including phenoxy) is 1. The van der Waals surface area contributed by atoms with Crippen molar-refractivity contribution in [3.8, 4) is 5.75 Å². The summed E-state index contributed by atoms with van der Waals surface area (Å²) in [5, 5.41) is 10.5. The van der Waals surface area contributed by atoms with Gasteiger partial charge in [-0.25, -0.2) is 4.98 Å². The lowest BCUT2D eigenvalue weighted by molar-refractivity contribution is -0.122. The summed E-state index contributed by atoms with van der Waals surface area (Å²) in [5.74, 6) is 0.221. The summed E-state index contributed by atoms with van der Waals surface area (Å²) in [4.78, 5) is 31.3. The summed E-state index contributed by atoms with van der Waals surface area (Å²) in [7, 11) is 1.57. The molecule has 1 saturated heterocycles. The Morgan fingerprint density at radius 3 is 2.89 bits per heavy atom. The van der Waals surface area contributed by atoms with Crippen LogP contribution in [0.25, 0.3) is 11.0 Å². The maximum Gasteiger partial charge on any atom is 0.231 e. The minimum absolute atomic E-state index is 0.103. The lowest BCUT2D eigenvalue weighted by Crippen LogP contribution is -2.28. The molecule has 8 nitrogen and oxygen atoms in total. The van der Waals surface area contributed by atoms with Crippen molar-refractivity contribution < 1.29 is 14.3 Å². The molecule has 3 aromatic rings. The second kappa shape index (κ2) is 6.95. The number of rotatable bonds is 4. The van der Waals surface area contributed by atoms with Crippen molar-refractivity contribution in [1.82, 2.24) is 15.2 Å². The van der Waals surface area contributed by atoms with Crippen molar-refractivity contribution in [2.75, 3.05) is 23.9 Å². The van der Waals surface area contributed by atoms with Crippen LogP contribution in [-0.2, 0) is 9.59 Å². The van der Waals surface area contributed by atoms with Gasteiger partial charge in [0.15, 0.2) is 11.5 Å². The summed E-state index contributed by atoms with van der Waals surface area (Å²) < 4.78 is 5.38. The molecule has 0 spiro atoms. The molecule has 0 aliphatic carbocycles. The Morgan fingerprint density at radius 1 is 1.29 bits per heavy atom. The van der Waals surface area contributed by atoms with E-state index in [9.17, 15) is 9.59 Å². The van der Waals surface area contributed by atoms with Crippen LogP contribution in [0.2, 0.25) is 0 Å². The number of nitrogens with one attached hydrogen (secondary N) is 2. The van der Waals surface area contributed by atoms with Gasteiger partial charge >= 0.3 is 0 Å². The highest BCUT2D eigenvalue weighted by Crippen LogP contribution is 2.34. The minimum Gasteiger partial charge on any atom is -0.495 e. The largest absolute Gasteiger partial charge is 0.495 e. The first-order valence-corrected chi connectivity index (χ1v) is 9.04. The third kappa shape index (κ3) is 3.17. The molecular weight excluding hydrogens is 358 g/mol. The Kier molecular flexibility index (Phi) is 4.46. The molecule has 3 heterocycles. The molecule has 1 aromatic carbocycles. The van der Waals surface area contributed by atoms with E-state index in [1.165, 1.54) is 0 Å². The van der Waals surface area contributed by atoms with Gasteiger partial charge in [0, 0.05) is 18.7 Å². The maximum atomic E-state index is 12.8. The van der Waals surface area contributed by atoms with Crippen LogP contribution in [0.1, 0.15) is 17.7 Å². The summed E-state index contributed by atoms with van der Waals surface area (Å²) in [6.45, 7) is 4.13. The molecular formula is C20H21N5O3. The summed E-state index contributed by atoms with van der Waals surface area (Å²) in [6.07, 6.45) is 0.142. The molecule has 0 unspecified atom stereocenters. The van der Waals surface area contributed by atoms with Gasteiger partial charge in [0.25, 0.3) is 0 Å². The molecule has 1 aliphatic heterocycles. The Hall–Kier alpha value is -3.42. The summed E-state index contributed by atoms with van der Waals surface area (Å²) in [6, 6.07) is 9.37. The molecule has 0 radical (unpaired) electrons. The van der Waals surface area contributed by atoms with Gasteiger partial charge in [0.05, 0.1) is 24.1 Å². The number of anilines is 2. The predicted molar refractivity (Wildman–Crippen MR) is 105 cm³/mol. The molecule has 1 fully saturated rings. The number of aromatic nitrogens is 3. The van der Waals surface area contributed by atoms with Gasteiger partial charge < -0.3 is 15.0 Å². The second-order valence-electron chi connectivity index (χ2n) is 6.99. The van der Waals surface area contributed by atoms with Crippen LogP contribution < -0.4 is 15.0 Å². The van der Waals surface area contributed by atoms with Gasteiger partial charge in [-0.3, -0.25) is 14.7 Å². The predicted octanol–water partition coefficient (Wildman–Crippen LogP) is 2.57. The normalized spacial score (nSPS) is 16.6. The van der Waals surface area contributed by atoms with Crippen molar-refractivity contribution >= 4 is 34.4 Å². The zero-order valence-electron chi connectivity index (χ0n) is 15.9.